The number of halogens is 3. The van der Waals surface area contributed by atoms with Crippen molar-refractivity contribution in [3.63, 3.8) is 0 Å². The smallest absolute Gasteiger partial charge is 0.254 e. The molecule has 0 radical (unpaired) electrons. The zero-order chi connectivity index (χ0) is 13.8. The van der Waals surface area contributed by atoms with E-state index in [-0.39, 0.29) is 17.1 Å². The molecule has 0 atom stereocenters. The molecule has 3 nitrogen and oxygen atoms in total. The fraction of sp³-hybridized carbons (Fsp3) is 0.0769. The van der Waals surface area contributed by atoms with E-state index >= 15 is 0 Å². The molecule has 19 heavy (non-hydrogen) atoms. The second kappa shape index (κ2) is 5.75. The number of hydrogen-bond acceptors (Lipinski definition) is 2. The summed E-state index contributed by atoms with van der Waals surface area (Å²) in [6.07, 6.45) is 2.80. The Balaban J connectivity index is 2.04. The summed E-state index contributed by atoms with van der Waals surface area (Å²) in [5.41, 5.74) is 0.680. The topological polar surface area (TPSA) is 42.0 Å². The van der Waals surface area contributed by atoms with E-state index in [9.17, 15) is 13.6 Å². The van der Waals surface area contributed by atoms with Crippen LogP contribution in [0.4, 0.5) is 8.78 Å². The average molecular weight is 283 g/mol. The third-order valence-corrected chi connectivity index (χ3v) is 2.78. The van der Waals surface area contributed by atoms with E-state index in [2.05, 4.69) is 10.3 Å². The van der Waals surface area contributed by atoms with E-state index in [1.54, 1.807) is 0 Å². The Morgan fingerprint density at radius 2 is 2.05 bits per heavy atom. The predicted molar refractivity (Wildman–Crippen MR) is 66.8 cm³/mol. The van der Waals surface area contributed by atoms with Crippen LogP contribution in [0.25, 0.3) is 0 Å². The minimum absolute atomic E-state index is 0.0707. The molecular formula is C13H9ClF2N2O. The first kappa shape index (κ1) is 13.4. The molecule has 2 rings (SSSR count). The molecule has 0 saturated carbocycles. The van der Waals surface area contributed by atoms with Gasteiger partial charge in [-0.25, -0.2) is 8.78 Å². The Kier molecular flexibility index (Phi) is 4.06. The first-order chi connectivity index (χ1) is 9.08. The number of carbonyl (C=O) groups is 1. The standard InChI is InChI=1S/C13H9ClF2N2O/c14-10-3-4-17-7-9(10)13(19)18-6-8-1-2-11(15)12(16)5-8/h1-5,7H,6H2,(H,18,19). The van der Waals surface area contributed by atoms with E-state index in [4.69, 9.17) is 11.6 Å². The second-order valence-electron chi connectivity index (χ2n) is 3.79. The summed E-state index contributed by atoms with van der Waals surface area (Å²) in [5.74, 6) is -2.31. The zero-order valence-electron chi connectivity index (χ0n) is 9.66. The Labute approximate surface area is 113 Å². The maximum absolute atomic E-state index is 13.0. The largest absolute Gasteiger partial charge is 0.348 e. The lowest BCUT2D eigenvalue weighted by atomic mass is 10.2. The summed E-state index contributed by atoms with van der Waals surface area (Å²) in [5, 5.41) is 2.83. The minimum atomic E-state index is -0.953. The van der Waals surface area contributed by atoms with Crippen molar-refractivity contribution >= 4 is 17.5 Å². The summed E-state index contributed by atoms with van der Waals surface area (Å²) < 4.78 is 25.7. The van der Waals surface area contributed by atoms with Crippen LogP contribution in [0.1, 0.15) is 15.9 Å². The molecule has 1 aromatic heterocycles. The Morgan fingerprint density at radius 1 is 1.26 bits per heavy atom. The van der Waals surface area contributed by atoms with Crippen LogP contribution in [0.5, 0.6) is 0 Å². The fourth-order valence-electron chi connectivity index (χ4n) is 1.47. The number of amides is 1. The molecule has 0 aliphatic heterocycles. The van der Waals surface area contributed by atoms with E-state index in [1.165, 1.54) is 24.5 Å². The van der Waals surface area contributed by atoms with Gasteiger partial charge in [0.25, 0.3) is 5.91 Å². The third kappa shape index (κ3) is 3.26. The molecule has 0 bridgehead atoms. The number of aromatic nitrogens is 1. The quantitative estimate of drug-likeness (QED) is 0.940. The highest BCUT2D eigenvalue weighted by molar-refractivity contribution is 6.33. The van der Waals surface area contributed by atoms with Gasteiger partial charge in [-0.3, -0.25) is 9.78 Å². The van der Waals surface area contributed by atoms with Gasteiger partial charge in [0.1, 0.15) is 0 Å². The summed E-state index contributed by atoms with van der Waals surface area (Å²) in [4.78, 5) is 15.6. The number of hydrogen-bond donors (Lipinski definition) is 1. The van der Waals surface area contributed by atoms with Crippen LogP contribution >= 0.6 is 11.6 Å². The molecule has 98 valence electrons. The van der Waals surface area contributed by atoms with Gasteiger partial charge in [0.2, 0.25) is 0 Å². The summed E-state index contributed by atoms with van der Waals surface area (Å²) >= 11 is 5.84. The van der Waals surface area contributed by atoms with Gasteiger partial charge in [-0.1, -0.05) is 17.7 Å². The van der Waals surface area contributed by atoms with Crippen LogP contribution in [-0.2, 0) is 6.54 Å². The van der Waals surface area contributed by atoms with Crippen molar-refractivity contribution in [2.24, 2.45) is 0 Å². The number of carbonyl (C=O) groups excluding carboxylic acids is 1. The molecule has 1 heterocycles. The lowest BCUT2D eigenvalue weighted by Crippen LogP contribution is -2.23. The monoisotopic (exact) mass is 282 g/mol. The number of nitrogens with one attached hydrogen (secondary N) is 1. The molecule has 0 spiro atoms. The Morgan fingerprint density at radius 3 is 2.74 bits per heavy atom. The van der Waals surface area contributed by atoms with Gasteiger partial charge in [-0.2, -0.15) is 0 Å². The first-order valence-electron chi connectivity index (χ1n) is 5.39. The van der Waals surface area contributed by atoms with Crippen molar-refractivity contribution in [3.8, 4) is 0 Å². The van der Waals surface area contributed by atoms with Crippen LogP contribution in [-0.4, -0.2) is 10.9 Å². The van der Waals surface area contributed by atoms with Gasteiger partial charge in [-0.05, 0) is 23.8 Å². The van der Waals surface area contributed by atoms with Gasteiger partial charge in [0.15, 0.2) is 11.6 Å². The second-order valence-corrected chi connectivity index (χ2v) is 4.19. The van der Waals surface area contributed by atoms with E-state index in [0.717, 1.165) is 12.1 Å². The van der Waals surface area contributed by atoms with Gasteiger partial charge in [0, 0.05) is 18.9 Å². The predicted octanol–water partition coefficient (Wildman–Crippen LogP) is 2.94. The highest BCUT2D eigenvalue weighted by atomic mass is 35.5. The lowest BCUT2D eigenvalue weighted by Gasteiger charge is -2.06. The van der Waals surface area contributed by atoms with Gasteiger partial charge >= 0.3 is 0 Å². The third-order valence-electron chi connectivity index (χ3n) is 2.45. The van der Waals surface area contributed by atoms with E-state index in [0.29, 0.717) is 5.56 Å². The minimum Gasteiger partial charge on any atom is -0.348 e. The summed E-state index contributed by atoms with van der Waals surface area (Å²) in [6, 6.07) is 4.92. The van der Waals surface area contributed by atoms with Crippen LogP contribution in [0.2, 0.25) is 5.02 Å². The molecule has 0 fully saturated rings. The molecule has 0 aliphatic rings. The first-order valence-corrected chi connectivity index (χ1v) is 5.77. The molecular weight excluding hydrogens is 274 g/mol. The number of pyridine rings is 1. The SMILES string of the molecule is O=C(NCc1ccc(F)c(F)c1)c1cnccc1Cl. The van der Waals surface area contributed by atoms with Crippen molar-refractivity contribution in [1.82, 2.24) is 10.3 Å². The maximum atomic E-state index is 13.0. The van der Waals surface area contributed by atoms with Crippen LogP contribution in [0.15, 0.2) is 36.7 Å². The summed E-state index contributed by atoms with van der Waals surface area (Å²) in [7, 11) is 0. The number of nitrogens with zero attached hydrogens (tertiary/aromatic N) is 1. The van der Waals surface area contributed by atoms with Crippen LogP contribution in [0.3, 0.4) is 0 Å². The highest BCUT2D eigenvalue weighted by Crippen LogP contribution is 2.13. The van der Waals surface area contributed by atoms with E-state index < -0.39 is 17.5 Å². The molecule has 6 heteroatoms. The number of benzene rings is 1. The van der Waals surface area contributed by atoms with Crippen molar-refractivity contribution in [1.29, 1.82) is 0 Å². The molecule has 0 aliphatic carbocycles. The van der Waals surface area contributed by atoms with Crippen molar-refractivity contribution in [2.75, 3.05) is 0 Å². The van der Waals surface area contributed by atoms with Gasteiger partial charge < -0.3 is 5.32 Å². The fourth-order valence-corrected chi connectivity index (χ4v) is 1.66. The van der Waals surface area contributed by atoms with Crippen molar-refractivity contribution in [2.45, 2.75) is 6.54 Å². The highest BCUT2D eigenvalue weighted by Gasteiger charge is 2.10. The molecule has 0 saturated heterocycles. The average Bonchev–Trinajstić information content (AvgIpc) is 2.40. The molecule has 2 aromatic rings. The van der Waals surface area contributed by atoms with E-state index in [1.807, 2.05) is 0 Å². The van der Waals surface area contributed by atoms with Crippen LogP contribution < -0.4 is 5.32 Å². The number of rotatable bonds is 3. The molecule has 1 aromatic carbocycles. The van der Waals surface area contributed by atoms with Crippen molar-refractivity contribution in [3.05, 3.63) is 64.4 Å². The maximum Gasteiger partial charge on any atom is 0.254 e. The normalized spacial score (nSPS) is 10.3. The van der Waals surface area contributed by atoms with Crippen molar-refractivity contribution < 1.29 is 13.6 Å². The van der Waals surface area contributed by atoms with Gasteiger partial charge in [0.05, 0.1) is 10.6 Å². The van der Waals surface area contributed by atoms with Gasteiger partial charge in [-0.15, -0.1) is 0 Å². The van der Waals surface area contributed by atoms with Crippen LogP contribution in [0, 0.1) is 11.6 Å². The summed E-state index contributed by atoms with van der Waals surface area (Å²) in [6.45, 7) is 0.0707. The molecule has 1 amide bonds. The molecule has 0 unspecified atom stereocenters. The molecule has 1 N–H and O–H groups in total. The Bertz CT molecular complexity index is 619. The Hall–Kier alpha value is -2.01. The lowest BCUT2D eigenvalue weighted by molar-refractivity contribution is 0.0950. The zero-order valence-corrected chi connectivity index (χ0v) is 10.4.